The molecule has 1 aromatic carbocycles. The molecule has 2 aliphatic heterocycles. The van der Waals surface area contributed by atoms with E-state index >= 15 is 0 Å². The first kappa shape index (κ1) is 18.7. The number of morpholine rings is 1. The third kappa shape index (κ3) is 4.79. The first-order chi connectivity index (χ1) is 13.2. The SMILES string of the molecule is O=C1CO[C@H](COc2ccc(F)cc2)CN1C1CCN(CC2CCC2)CC1. The molecular weight excluding hydrogens is 347 g/mol. The number of carbonyl (C=O) groups excluding carboxylic acids is 1. The molecule has 1 aliphatic carbocycles. The molecule has 1 atom stereocenters. The lowest BCUT2D eigenvalue weighted by molar-refractivity contribution is -0.155. The molecule has 0 radical (unpaired) electrons. The van der Waals surface area contributed by atoms with Crippen molar-refractivity contribution >= 4 is 5.91 Å². The fourth-order valence-corrected chi connectivity index (χ4v) is 4.27. The molecule has 5 nitrogen and oxygen atoms in total. The minimum absolute atomic E-state index is 0.0884. The zero-order chi connectivity index (χ0) is 18.6. The van der Waals surface area contributed by atoms with Gasteiger partial charge in [-0.15, -0.1) is 0 Å². The standard InChI is InChI=1S/C21H29FN2O3/c22-17-4-6-19(7-5-17)26-14-20-13-24(21(25)15-27-20)18-8-10-23(11-9-18)12-16-2-1-3-16/h4-7,16,18,20H,1-3,8-15H2/t20-/m0/s1. The first-order valence-electron chi connectivity index (χ1n) is 10.2. The number of hydrogen-bond donors (Lipinski definition) is 0. The van der Waals surface area contributed by atoms with Crippen LogP contribution in [-0.2, 0) is 9.53 Å². The van der Waals surface area contributed by atoms with Gasteiger partial charge in [-0.1, -0.05) is 6.42 Å². The summed E-state index contributed by atoms with van der Waals surface area (Å²) in [5.74, 6) is 1.33. The molecule has 6 heteroatoms. The lowest BCUT2D eigenvalue weighted by Gasteiger charge is -2.43. The van der Waals surface area contributed by atoms with Crippen LogP contribution in [0.2, 0.25) is 0 Å². The van der Waals surface area contributed by atoms with E-state index in [1.807, 2.05) is 4.90 Å². The van der Waals surface area contributed by atoms with Crippen LogP contribution >= 0.6 is 0 Å². The fraction of sp³-hybridized carbons (Fsp3) is 0.667. The van der Waals surface area contributed by atoms with Gasteiger partial charge in [-0.2, -0.15) is 0 Å². The molecule has 0 N–H and O–H groups in total. The second kappa shape index (κ2) is 8.57. The van der Waals surface area contributed by atoms with Crippen molar-refractivity contribution in [3.63, 3.8) is 0 Å². The maximum Gasteiger partial charge on any atom is 0.248 e. The van der Waals surface area contributed by atoms with E-state index in [1.54, 1.807) is 12.1 Å². The van der Waals surface area contributed by atoms with Gasteiger partial charge in [0, 0.05) is 25.7 Å². The zero-order valence-electron chi connectivity index (χ0n) is 15.8. The third-order valence-electron chi connectivity index (χ3n) is 6.15. The van der Waals surface area contributed by atoms with Crippen molar-refractivity contribution < 1.29 is 18.7 Å². The van der Waals surface area contributed by atoms with Gasteiger partial charge in [-0.3, -0.25) is 4.79 Å². The molecule has 2 heterocycles. The highest BCUT2D eigenvalue weighted by Crippen LogP contribution is 2.29. The van der Waals surface area contributed by atoms with E-state index in [4.69, 9.17) is 9.47 Å². The molecule has 1 amide bonds. The molecule has 148 valence electrons. The van der Waals surface area contributed by atoms with Crippen LogP contribution in [0.3, 0.4) is 0 Å². The minimum atomic E-state index is -0.281. The predicted octanol–water partition coefficient (Wildman–Crippen LogP) is 2.70. The number of benzene rings is 1. The average Bonchev–Trinajstić information content (AvgIpc) is 2.66. The number of likely N-dealkylation sites (tertiary alicyclic amines) is 1. The van der Waals surface area contributed by atoms with Gasteiger partial charge in [0.25, 0.3) is 0 Å². The van der Waals surface area contributed by atoms with Gasteiger partial charge in [0.05, 0.1) is 6.54 Å². The van der Waals surface area contributed by atoms with Gasteiger partial charge < -0.3 is 19.3 Å². The molecule has 1 saturated carbocycles. The highest BCUT2D eigenvalue weighted by Gasteiger charge is 2.34. The van der Waals surface area contributed by atoms with Gasteiger partial charge in [0.15, 0.2) is 0 Å². The van der Waals surface area contributed by atoms with E-state index in [0.29, 0.717) is 24.9 Å². The lowest BCUT2D eigenvalue weighted by atomic mass is 9.84. The largest absolute Gasteiger partial charge is 0.491 e. The highest BCUT2D eigenvalue weighted by molar-refractivity contribution is 5.78. The Morgan fingerprint density at radius 1 is 1.11 bits per heavy atom. The molecule has 3 fully saturated rings. The molecule has 0 spiro atoms. The maximum atomic E-state index is 13.0. The number of hydrogen-bond acceptors (Lipinski definition) is 4. The topological polar surface area (TPSA) is 42.0 Å². The van der Waals surface area contributed by atoms with Crippen LogP contribution in [-0.4, -0.2) is 67.2 Å². The Hall–Kier alpha value is -1.66. The normalized spacial score (nSPS) is 25.4. The number of piperidine rings is 1. The summed E-state index contributed by atoms with van der Waals surface area (Å²) in [6.45, 7) is 4.48. The number of halogens is 1. The second-order valence-corrected chi connectivity index (χ2v) is 8.07. The number of ether oxygens (including phenoxy) is 2. The Balaban J connectivity index is 1.25. The molecule has 1 aromatic rings. The molecule has 2 saturated heterocycles. The summed E-state index contributed by atoms with van der Waals surface area (Å²) >= 11 is 0. The lowest BCUT2D eigenvalue weighted by Crippen LogP contribution is -2.55. The molecule has 4 rings (SSSR count). The number of carbonyl (C=O) groups is 1. The van der Waals surface area contributed by atoms with Crippen molar-refractivity contribution in [1.82, 2.24) is 9.80 Å². The van der Waals surface area contributed by atoms with Gasteiger partial charge >= 0.3 is 0 Å². The Morgan fingerprint density at radius 3 is 2.52 bits per heavy atom. The van der Waals surface area contributed by atoms with Crippen LogP contribution in [0.1, 0.15) is 32.1 Å². The predicted molar refractivity (Wildman–Crippen MR) is 100 cm³/mol. The van der Waals surface area contributed by atoms with Crippen LogP contribution in [0.15, 0.2) is 24.3 Å². The fourth-order valence-electron chi connectivity index (χ4n) is 4.27. The zero-order valence-corrected chi connectivity index (χ0v) is 15.8. The Bertz CT molecular complexity index is 627. The summed E-state index contributed by atoms with van der Waals surface area (Å²) in [5, 5.41) is 0. The highest BCUT2D eigenvalue weighted by atomic mass is 19.1. The third-order valence-corrected chi connectivity index (χ3v) is 6.15. The average molecular weight is 376 g/mol. The van der Waals surface area contributed by atoms with E-state index in [9.17, 15) is 9.18 Å². The van der Waals surface area contributed by atoms with Crippen molar-refractivity contribution in [2.75, 3.05) is 39.4 Å². The molecule has 27 heavy (non-hydrogen) atoms. The monoisotopic (exact) mass is 376 g/mol. The summed E-state index contributed by atoms with van der Waals surface area (Å²) in [5.41, 5.74) is 0. The Kier molecular flexibility index (Phi) is 5.93. The molecule has 3 aliphatic rings. The van der Waals surface area contributed by atoms with Crippen molar-refractivity contribution in [1.29, 1.82) is 0 Å². The molecular formula is C21H29FN2O3. The van der Waals surface area contributed by atoms with Crippen molar-refractivity contribution in [3.8, 4) is 5.75 Å². The summed E-state index contributed by atoms with van der Waals surface area (Å²) in [6, 6.07) is 6.29. The summed E-state index contributed by atoms with van der Waals surface area (Å²) in [7, 11) is 0. The van der Waals surface area contributed by atoms with E-state index in [2.05, 4.69) is 4.90 Å². The van der Waals surface area contributed by atoms with Gasteiger partial charge in [-0.25, -0.2) is 4.39 Å². The number of nitrogens with zero attached hydrogens (tertiary/aromatic N) is 2. The molecule has 0 bridgehead atoms. The van der Waals surface area contributed by atoms with Gasteiger partial charge in [0.2, 0.25) is 5.91 Å². The minimum Gasteiger partial charge on any atom is -0.491 e. The van der Waals surface area contributed by atoms with E-state index in [1.165, 1.54) is 37.9 Å². The summed E-state index contributed by atoms with van der Waals surface area (Å²) < 4.78 is 24.3. The van der Waals surface area contributed by atoms with Crippen molar-refractivity contribution in [3.05, 3.63) is 30.1 Å². The Morgan fingerprint density at radius 2 is 1.85 bits per heavy atom. The van der Waals surface area contributed by atoms with Crippen LogP contribution in [0.25, 0.3) is 0 Å². The second-order valence-electron chi connectivity index (χ2n) is 8.07. The van der Waals surface area contributed by atoms with Crippen LogP contribution < -0.4 is 4.74 Å². The van der Waals surface area contributed by atoms with Gasteiger partial charge in [-0.05, 0) is 55.9 Å². The first-order valence-corrected chi connectivity index (χ1v) is 10.2. The van der Waals surface area contributed by atoms with Crippen LogP contribution in [0, 0.1) is 11.7 Å². The van der Waals surface area contributed by atoms with E-state index in [0.717, 1.165) is 31.8 Å². The quantitative estimate of drug-likeness (QED) is 0.766. The van der Waals surface area contributed by atoms with Gasteiger partial charge in [0.1, 0.15) is 30.9 Å². The van der Waals surface area contributed by atoms with E-state index in [-0.39, 0.29) is 24.4 Å². The molecule has 0 unspecified atom stereocenters. The number of rotatable bonds is 6. The molecule has 0 aromatic heterocycles. The van der Waals surface area contributed by atoms with Crippen molar-refractivity contribution in [2.45, 2.75) is 44.2 Å². The number of amides is 1. The summed E-state index contributed by atoms with van der Waals surface area (Å²) in [6.07, 6.45) is 6.12. The van der Waals surface area contributed by atoms with Crippen LogP contribution in [0.5, 0.6) is 5.75 Å². The van der Waals surface area contributed by atoms with E-state index < -0.39 is 0 Å². The maximum absolute atomic E-state index is 13.0. The smallest absolute Gasteiger partial charge is 0.248 e. The summed E-state index contributed by atoms with van der Waals surface area (Å²) in [4.78, 5) is 16.9. The van der Waals surface area contributed by atoms with Crippen LogP contribution in [0.4, 0.5) is 4.39 Å². The Labute approximate surface area is 160 Å². The van der Waals surface area contributed by atoms with Crippen molar-refractivity contribution in [2.24, 2.45) is 5.92 Å².